The molecule has 2 aromatic carbocycles. The number of anilines is 1. The second kappa shape index (κ2) is 9.38. The Balaban J connectivity index is 1.43. The maximum atomic E-state index is 13.5. The summed E-state index contributed by atoms with van der Waals surface area (Å²) in [6.45, 7) is 5.35. The molecule has 2 aliphatic rings. The molecule has 1 amide bonds. The highest BCUT2D eigenvalue weighted by molar-refractivity contribution is 6.01. The van der Waals surface area contributed by atoms with E-state index in [1.54, 1.807) is 7.11 Å². The number of nitrogens with zero attached hydrogens (tertiary/aromatic N) is 2. The molecule has 5 rings (SSSR count). The molecule has 0 saturated carbocycles. The number of carbonyl (C=O) groups is 1. The van der Waals surface area contributed by atoms with Crippen LogP contribution in [0.3, 0.4) is 0 Å². The summed E-state index contributed by atoms with van der Waals surface area (Å²) >= 11 is 0. The molecule has 0 radical (unpaired) electrons. The number of aromatic nitrogens is 1. The van der Waals surface area contributed by atoms with E-state index in [1.807, 2.05) is 61.2 Å². The van der Waals surface area contributed by atoms with E-state index in [0.717, 1.165) is 47.7 Å². The summed E-state index contributed by atoms with van der Waals surface area (Å²) in [7, 11) is 1.61. The fourth-order valence-corrected chi connectivity index (χ4v) is 4.58. The normalized spacial score (nSPS) is 19.6. The van der Waals surface area contributed by atoms with Gasteiger partial charge in [0.2, 0.25) is 0 Å². The highest BCUT2D eigenvalue weighted by Crippen LogP contribution is 2.38. The number of benzene rings is 2. The molecular weight excluding hydrogens is 434 g/mol. The third-order valence-electron chi connectivity index (χ3n) is 6.50. The third-order valence-corrected chi connectivity index (χ3v) is 6.50. The second-order valence-corrected chi connectivity index (χ2v) is 8.69. The van der Waals surface area contributed by atoms with Crippen LogP contribution in [0.4, 0.5) is 5.69 Å². The molecule has 0 aliphatic carbocycles. The van der Waals surface area contributed by atoms with E-state index in [2.05, 4.69) is 10.5 Å². The number of para-hydroxylation sites is 1. The molecule has 2 aliphatic heterocycles. The number of hydrogen-bond acceptors (Lipinski definition) is 7. The van der Waals surface area contributed by atoms with E-state index < -0.39 is 0 Å². The maximum absolute atomic E-state index is 13.5. The number of fused-ring (bicyclic) bond motifs is 1. The van der Waals surface area contributed by atoms with Crippen molar-refractivity contribution in [2.75, 3.05) is 25.6 Å². The van der Waals surface area contributed by atoms with Gasteiger partial charge in [-0.1, -0.05) is 23.4 Å². The number of ether oxygens (including phenoxy) is 3. The second-order valence-electron chi connectivity index (χ2n) is 8.69. The molecule has 1 saturated heterocycles. The van der Waals surface area contributed by atoms with Gasteiger partial charge in [-0.25, -0.2) is 0 Å². The smallest absolute Gasteiger partial charge is 0.257 e. The molecule has 178 valence electrons. The van der Waals surface area contributed by atoms with Gasteiger partial charge in [-0.05, 0) is 56.5 Å². The minimum absolute atomic E-state index is 0.00690. The first kappa shape index (κ1) is 22.3. The van der Waals surface area contributed by atoms with Crippen LogP contribution in [0.15, 0.2) is 47.0 Å². The average Bonchev–Trinajstić information content (AvgIpc) is 3.49. The lowest BCUT2D eigenvalue weighted by Gasteiger charge is -2.39. The van der Waals surface area contributed by atoms with Crippen LogP contribution in [-0.4, -0.2) is 42.3 Å². The molecule has 3 heterocycles. The largest absolute Gasteiger partial charge is 0.493 e. The summed E-state index contributed by atoms with van der Waals surface area (Å²) in [5.41, 5.74) is 4.12. The van der Waals surface area contributed by atoms with Gasteiger partial charge in [-0.15, -0.1) is 0 Å². The van der Waals surface area contributed by atoms with Crippen molar-refractivity contribution in [2.45, 2.75) is 45.6 Å². The van der Waals surface area contributed by atoms with Crippen LogP contribution in [0.1, 0.15) is 51.9 Å². The lowest BCUT2D eigenvalue weighted by molar-refractivity contribution is 0.0426. The van der Waals surface area contributed by atoms with Crippen LogP contribution in [0.25, 0.3) is 0 Å². The Bertz CT molecular complexity index is 1170. The van der Waals surface area contributed by atoms with Gasteiger partial charge in [0.05, 0.1) is 30.0 Å². The molecule has 3 aromatic rings. The van der Waals surface area contributed by atoms with Gasteiger partial charge in [-0.3, -0.25) is 4.79 Å². The first-order valence-corrected chi connectivity index (χ1v) is 11.6. The lowest BCUT2D eigenvalue weighted by Crippen LogP contribution is -2.46. The summed E-state index contributed by atoms with van der Waals surface area (Å²) in [6.07, 6.45) is 1.66. The highest BCUT2D eigenvalue weighted by Gasteiger charge is 2.35. The molecule has 1 fully saturated rings. The van der Waals surface area contributed by atoms with Crippen molar-refractivity contribution in [1.29, 1.82) is 0 Å². The van der Waals surface area contributed by atoms with Gasteiger partial charge in [0.15, 0.2) is 11.5 Å². The number of aryl methyl sites for hydroxylation is 2. The van der Waals surface area contributed by atoms with Crippen molar-refractivity contribution >= 4 is 11.6 Å². The molecule has 8 heteroatoms. The predicted octanol–water partition coefficient (Wildman–Crippen LogP) is 4.62. The molecule has 1 N–H and O–H groups in total. The minimum atomic E-state index is -0.350. The van der Waals surface area contributed by atoms with Crippen LogP contribution in [-0.2, 0) is 11.3 Å². The monoisotopic (exact) mass is 463 g/mol. The van der Waals surface area contributed by atoms with Crippen LogP contribution in [0.5, 0.6) is 11.5 Å². The minimum Gasteiger partial charge on any atom is -0.493 e. The number of nitrogens with one attached hydrogen (secondary N) is 1. The van der Waals surface area contributed by atoms with E-state index in [9.17, 15) is 4.79 Å². The molecular formula is C26H29N3O5. The Morgan fingerprint density at radius 1 is 1.18 bits per heavy atom. The summed E-state index contributed by atoms with van der Waals surface area (Å²) in [6, 6.07) is 13.4. The SMILES string of the molecule is COc1cc([C@H]2Nc3ccccc3C(=O)N2C[C@@H]2CCCO2)ccc1OCc1c(C)noc1C. The first-order chi connectivity index (χ1) is 16.5. The zero-order valence-electron chi connectivity index (χ0n) is 19.7. The van der Waals surface area contributed by atoms with E-state index in [-0.39, 0.29) is 18.2 Å². The van der Waals surface area contributed by atoms with Gasteiger partial charge < -0.3 is 29.0 Å². The molecule has 2 atom stereocenters. The van der Waals surface area contributed by atoms with Gasteiger partial charge >= 0.3 is 0 Å². The lowest BCUT2D eigenvalue weighted by atomic mass is 10.0. The standard InChI is InChI=1S/C26H29N3O5/c1-16-21(17(2)34-28-16)15-33-23-11-10-18(13-24(23)31-3)25-27-22-9-5-4-8-20(22)26(30)29(25)14-19-7-6-12-32-19/h4-5,8-11,13,19,25,27H,6-7,12,14-15H2,1-3H3/t19-,25-/m0/s1. The van der Waals surface area contributed by atoms with Crippen molar-refractivity contribution in [2.24, 2.45) is 0 Å². The quantitative estimate of drug-likeness (QED) is 0.547. The van der Waals surface area contributed by atoms with Gasteiger partial charge in [0.25, 0.3) is 5.91 Å². The topological polar surface area (TPSA) is 86.1 Å². The van der Waals surface area contributed by atoms with E-state index in [1.165, 1.54) is 0 Å². The van der Waals surface area contributed by atoms with E-state index >= 15 is 0 Å². The Kier molecular flexibility index (Phi) is 6.15. The molecule has 8 nitrogen and oxygen atoms in total. The maximum Gasteiger partial charge on any atom is 0.257 e. The average molecular weight is 464 g/mol. The number of hydrogen-bond donors (Lipinski definition) is 1. The van der Waals surface area contributed by atoms with Crippen molar-refractivity contribution in [1.82, 2.24) is 10.1 Å². The first-order valence-electron chi connectivity index (χ1n) is 11.6. The summed E-state index contributed by atoms with van der Waals surface area (Å²) in [5.74, 6) is 1.93. The highest BCUT2D eigenvalue weighted by atomic mass is 16.5. The van der Waals surface area contributed by atoms with Gasteiger partial charge in [0.1, 0.15) is 18.5 Å². The third kappa shape index (κ3) is 4.21. The summed E-state index contributed by atoms with van der Waals surface area (Å²) in [5, 5.41) is 7.52. The van der Waals surface area contributed by atoms with Crippen LogP contribution < -0.4 is 14.8 Å². The van der Waals surface area contributed by atoms with Crippen molar-refractivity contribution in [3.63, 3.8) is 0 Å². The van der Waals surface area contributed by atoms with E-state index in [4.69, 9.17) is 18.7 Å². The fraction of sp³-hybridized carbons (Fsp3) is 0.385. The zero-order chi connectivity index (χ0) is 23.7. The molecule has 1 aromatic heterocycles. The number of amides is 1. The van der Waals surface area contributed by atoms with Crippen molar-refractivity contribution < 1.29 is 23.5 Å². The van der Waals surface area contributed by atoms with Crippen LogP contribution in [0.2, 0.25) is 0 Å². The van der Waals surface area contributed by atoms with Crippen LogP contribution in [0, 0.1) is 13.8 Å². The number of rotatable bonds is 7. The molecule has 0 bridgehead atoms. The molecule has 34 heavy (non-hydrogen) atoms. The van der Waals surface area contributed by atoms with E-state index in [0.29, 0.717) is 30.2 Å². The van der Waals surface area contributed by atoms with Crippen LogP contribution >= 0.6 is 0 Å². The fourth-order valence-electron chi connectivity index (χ4n) is 4.58. The molecule has 0 spiro atoms. The zero-order valence-corrected chi connectivity index (χ0v) is 19.7. The Labute approximate surface area is 198 Å². The summed E-state index contributed by atoms with van der Waals surface area (Å²) in [4.78, 5) is 15.3. The summed E-state index contributed by atoms with van der Waals surface area (Å²) < 4.78 is 22.8. The Morgan fingerprint density at radius 3 is 2.76 bits per heavy atom. The number of carbonyl (C=O) groups excluding carboxylic acids is 1. The number of methoxy groups -OCH3 is 1. The Hall–Kier alpha value is -3.52. The van der Waals surface area contributed by atoms with Gasteiger partial charge in [0, 0.05) is 18.8 Å². The molecule has 0 unspecified atom stereocenters. The van der Waals surface area contributed by atoms with Crippen molar-refractivity contribution in [3.05, 3.63) is 70.6 Å². The van der Waals surface area contributed by atoms with Gasteiger partial charge in [-0.2, -0.15) is 0 Å². The Morgan fingerprint density at radius 2 is 2.03 bits per heavy atom. The predicted molar refractivity (Wildman–Crippen MR) is 126 cm³/mol. The van der Waals surface area contributed by atoms with Crippen molar-refractivity contribution in [3.8, 4) is 11.5 Å².